The standard InChI is InChI=1S/C22H16ClFN6O/c1-12(29-21-19-20(26-10-25-19)27-11-28-21)17-9-13-3-2-4-16(24)18(13)22(31)30(17)15-7-5-14(23)6-8-15/h2-12H,1H3,(H2,25,26,27,28,29). The second-order valence-electron chi connectivity index (χ2n) is 7.08. The number of H-pyrrole nitrogens is 1. The molecule has 0 spiro atoms. The number of aromatic nitrogens is 5. The average molecular weight is 435 g/mol. The van der Waals surface area contributed by atoms with Crippen molar-refractivity contribution in [3.63, 3.8) is 0 Å². The van der Waals surface area contributed by atoms with Crippen LogP contribution in [0.1, 0.15) is 18.7 Å². The van der Waals surface area contributed by atoms with Gasteiger partial charge in [-0.2, -0.15) is 0 Å². The Morgan fingerprint density at radius 3 is 2.74 bits per heavy atom. The summed E-state index contributed by atoms with van der Waals surface area (Å²) in [6.07, 6.45) is 2.97. The minimum atomic E-state index is -0.564. The third-order valence-corrected chi connectivity index (χ3v) is 5.38. The SMILES string of the molecule is CC(Nc1ncnc2[nH]cnc12)c1cc2cccc(F)c2c(=O)n1-c1ccc(Cl)cc1. The van der Waals surface area contributed by atoms with Crippen LogP contribution in [-0.4, -0.2) is 24.5 Å². The van der Waals surface area contributed by atoms with Crippen LogP contribution in [0.2, 0.25) is 5.02 Å². The monoisotopic (exact) mass is 434 g/mol. The highest BCUT2D eigenvalue weighted by Crippen LogP contribution is 2.26. The molecule has 5 rings (SSSR count). The normalized spacial score (nSPS) is 12.4. The topological polar surface area (TPSA) is 88.5 Å². The van der Waals surface area contributed by atoms with Crippen LogP contribution in [-0.2, 0) is 0 Å². The van der Waals surface area contributed by atoms with Gasteiger partial charge >= 0.3 is 0 Å². The van der Waals surface area contributed by atoms with Gasteiger partial charge in [0.05, 0.1) is 17.8 Å². The Balaban J connectivity index is 1.71. The van der Waals surface area contributed by atoms with Crippen LogP contribution < -0.4 is 10.9 Å². The Bertz CT molecular complexity index is 1480. The minimum Gasteiger partial charge on any atom is -0.360 e. The van der Waals surface area contributed by atoms with E-state index in [2.05, 4.69) is 25.3 Å². The van der Waals surface area contributed by atoms with E-state index in [-0.39, 0.29) is 11.4 Å². The molecule has 7 nitrogen and oxygen atoms in total. The molecule has 0 fully saturated rings. The molecule has 9 heteroatoms. The van der Waals surface area contributed by atoms with E-state index in [1.807, 2.05) is 6.92 Å². The zero-order valence-electron chi connectivity index (χ0n) is 16.3. The first-order valence-corrected chi connectivity index (χ1v) is 9.91. The third-order valence-electron chi connectivity index (χ3n) is 5.12. The number of pyridine rings is 1. The Labute approximate surface area is 180 Å². The molecule has 0 aliphatic rings. The first-order chi connectivity index (χ1) is 15.0. The van der Waals surface area contributed by atoms with Gasteiger partial charge in [-0.1, -0.05) is 23.7 Å². The largest absolute Gasteiger partial charge is 0.360 e. The number of anilines is 1. The van der Waals surface area contributed by atoms with Crippen LogP contribution in [0, 0.1) is 5.82 Å². The fraction of sp³-hybridized carbons (Fsp3) is 0.0909. The number of aromatic amines is 1. The van der Waals surface area contributed by atoms with Gasteiger partial charge in [0.25, 0.3) is 5.56 Å². The summed E-state index contributed by atoms with van der Waals surface area (Å²) in [5, 5.41) is 4.39. The fourth-order valence-electron chi connectivity index (χ4n) is 3.66. The Morgan fingerprint density at radius 1 is 1.13 bits per heavy atom. The van der Waals surface area contributed by atoms with Gasteiger partial charge in [0.2, 0.25) is 0 Å². The first kappa shape index (κ1) is 19.2. The van der Waals surface area contributed by atoms with E-state index in [1.54, 1.807) is 42.5 Å². The van der Waals surface area contributed by atoms with E-state index in [0.29, 0.717) is 38.8 Å². The summed E-state index contributed by atoms with van der Waals surface area (Å²) in [5.74, 6) is -0.0420. The molecule has 31 heavy (non-hydrogen) atoms. The number of halogens is 2. The summed E-state index contributed by atoms with van der Waals surface area (Å²) < 4.78 is 16.0. The molecule has 0 amide bonds. The van der Waals surface area contributed by atoms with Gasteiger partial charge in [-0.05, 0) is 48.7 Å². The molecule has 0 bridgehead atoms. The van der Waals surface area contributed by atoms with Gasteiger partial charge < -0.3 is 10.3 Å². The summed E-state index contributed by atoms with van der Waals surface area (Å²) in [6.45, 7) is 1.90. The van der Waals surface area contributed by atoms with Gasteiger partial charge in [0.15, 0.2) is 11.5 Å². The zero-order valence-corrected chi connectivity index (χ0v) is 17.1. The maximum Gasteiger partial charge on any atom is 0.266 e. The number of rotatable bonds is 4. The summed E-state index contributed by atoms with van der Waals surface area (Å²) in [5.41, 5.74) is 1.94. The van der Waals surface area contributed by atoms with Crippen LogP contribution in [0.15, 0.2) is 66.0 Å². The number of nitrogens with zero attached hydrogens (tertiary/aromatic N) is 4. The lowest BCUT2D eigenvalue weighted by molar-refractivity contribution is 0.637. The molecule has 0 saturated carbocycles. The Kier molecular flexibility index (Phi) is 4.63. The van der Waals surface area contributed by atoms with Crippen molar-refractivity contribution in [1.29, 1.82) is 0 Å². The average Bonchev–Trinajstić information content (AvgIpc) is 3.24. The quantitative estimate of drug-likeness (QED) is 0.431. The molecular weight excluding hydrogens is 419 g/mol. The third kappa shape index (κ3) is 3.30. The summed E-state index contributed by atoms with van der Waals surface area (Å²) in [6, 6.07) is 12.9. The number of nitrogens with one attached hydrogen (secondary N) is 2. The second-order valence-corrected chi connectivity index (χ2v) is 7.51. The second kappa shape index (κ2) is 7.48. The Morgan fingerprint density at radius 2 is 1.94 bits per heavy atom. The van der Waals surface area contributed by atoms with Crippen molar-refractivity contribution in [2.45, 2.75) is 13.0 Å². The molecule has 0 aliphatic heterocycles. The van der Waals surface area contributed by atoms with Gasteiger partial charge in [-0.25, -0.2) is 19.3 Å². The number of hydrogen-bond acceptors (Lipinski definition) is 5. The van der Waals surface area contributed by atoms with Crippen molar-refractivity contribution in [3.8, 4) is 5.69 Å². The lowest BCUT2D eigenvalue weighted by atomic mass is 10.1. The van der Waals surface area contributed by atoms with Crippen LogP contribution >= 0.6 is 11.6 Å². The number of benzene rings is 2. The summed E-state index contributed by atoms with van der Waals surface area (Å²) in [7, 11) is 0. The van der Waals surface area contributed by atoms with Gasteiger partial charge in [0.1, 0.15) is 17.7 Å². The van der Waals surface area contributed by atoms with E-state index in [1.165, 1.54) is 23.3 Å². The van der Waals surface area contributed by atoms with Crippen molar-refractivity contribution >= 4 is 39.4 Å². The van der Waals surface area contributed by atoms with E-state index in [9.17, 15) is 9.18 Å². The molecule has 3 heterocycles. The molecule has 0 aliphatic carbocycles. The zero-order chi connectivity index (χ0) is 21.5. The smallest absolute Gasteiger partial charge is 0.266 e. The minimum absolute atomic E-state index is 0.0325. The molecule has 154 valence electrons. The van der Waals surface area contributed by atoms with Crippen molar-refractivity contribution in [1.82, 2.24) is 24.5 Å². The van der Waals surface area contributed by atoms with E-state index < -0.39 is 11.4 Å². The molecule has 0 saturated heterocycles. The van der Waals surface area contributed by atoms with Crippen LogP contribution in [0.3, 0.4) is 0 Å². The highest BCUT2D eigenvalue weighted by molar-refractivity contribution is 6.30. The maximum absolute atomic E-state index is 14.5. The van der Waals surface area contributed by atoms with Gasteiger partial charge in [-0.3, -0.25) is 9.36 Å². The van der Waals surface area contributed by atoms with Gasteiger partial charge in [0, 0.05) is 16.4 Å². The molecule has 2 aromatic carbocycles. The number of imidazole rings is 1. The molecule has 2 N–H and O–H groups in total. The van der Waals surface area contributed by atoms with Crippen LogP contribution in [0.4, 0.5) is 10.2 Å². The highest BCUT2D eigenvalue weighted by atomic mass is 35.5. The lowest BCUT2D eigenvalue weighted by Crippen LogP contribution is -2.26. The van der Waals surface area contributed by atoms with Crippen molar-refractivity contribution in [3.05, 3.63) is 88.1 Å². The molecular formula is C22H16ClFN6O. The molecule has 0 radical (unpaired) electrons. The number of fused-ring (bicyclic) bond motifs is 2. The Hall–Kier alpha value is -3.78. The van der Waals surface area contributed by atoms with Crippen LogP contribution in [0.25, 0.3) is 27.6 Å². The fourth-order valence-corrected chi connectivity index (χ4v) is 3.79. The van der Waals surface area contributed by atoms with Crippen molar-refractivity contribution in [2.24, 2.45) is 0 Å². The van der Waals surface area contributed by atoms with Crippen molar-refractivity contribution in [2.75, 3.05) is 5.32 Å². The molecule has 3 aromatic heterocycles. The molecule has 1 atom stereocenters. The van der Waals surface area contributed by atoms with Crippen LogP contribution in [0.5, 0.6) is 0 Å². The molecule has 5 aromatic rings. The highest BCUT2D eigenvalue weighted by Gasteiger charge is 2.19. The first-order valence-electron chi connectivity index (χ1n) is 9.53. The van der Waals surface area contributed by atoms with E-state index in [0.717, 1.165) is 0 Å². The predicted molar refractivity (Wildman–Crippen MR) is 118 cm³/mol. The predicted octanol–water partition coefficient (Wildman–Crippen LogP) is 4.62. The maximum atomic E-state index is 14.5. The van der Waals surface area contributed by atoms with Gasteiger partial charge in [-0.15, -0.1) is 0 Å². The lowest BCUT2D eigenvalue weighted by Gasteiger charge is -2.21. The van der Waals surface area contributed by atoms with Crippen molar-refractivity contribution < 1.29 is 4.39 Å². The van der Waals surface area contributed by atoms with E-state index >= 15 is 0 Å². The van der Waals surface area contributed by atoms with E-state index in [4.69, 9.17) is 11.6 Å². The molecule has 1 unspecified atom stereocenters. The summed E-state index contributed by atoms with van der Waals surface area (Å²) in [4.78, 5) is 29.0. The number of hydrogen-bond donors (Lipinski definition) is 2. The summed E-state index contributed by atoms with van der Waals surface area (Å²) >= 11 is 6.03.